The van der Waals surface area contributed by atoms with Crippen molar-refractivity contribution in [3.05, 3.63) is 0 Å². The van der Waals surface area contributed by atoms with Gasteiger partial charge in [0.2, 0.25) is 0 Å². The second kappa shape index (κ2) is 1.78. The van der Waals surface area contributed by atoms with Gasteiger partial charge in [-0.3, -0.25) is 5.32 Å². The van der Waals surface area contributed by atoms with Crippen molar-refractivity contribution in [2.45, 2.75) is 18.8 Å². The van der Waals surface area contributed by atoms with Crippen LogP contribution < -0.4 is 5.32 Å². The van der Waals surface area contributed by atoms with Gasteiger partial charge in [0.25, 0.3) is 0 Å². The summed E-state index contributed by atoms with van der Waals surface area (Å²) < 4.78 is 0. The highest BCUT2D eigenvalue weighted by atomic mass is 16.3. The predicted octanol–water partition coefficient (Wildman–Crippen LogP) is -1.34. The molecule has 0 aromatic rings. The van der Waals surface area contributed by atoms with Gasteiger partial charge >= 0.3 is 0 Å². The predicted molar refractivity (Wildman–Crippen MR) is 24.6 cm³/mol. The van der Waals surface area contributed by atoms with Gasteiger partial charge in [0, 0.05) is 6.54 Å². The average molecular weight is 103 g/mol. The van der Waals surface area contributed by atoms with Crippen LogP contribution in [0.25, 0.3) is 0 Å². The van der Waals surface area contributed by atoms with Crippen LogP contribution in [-0.4, -0.2) is 29.1 Å². The molecule has 1 heterocycles. The highest BCUT2D eigenvalue weighted by molar-refractivity contribution is 4.73. The first-order valence-corrected chi connectivity index (χ1v) is 2.40. The van der Waals surface area contributed by atoms with Crippen molar-refractivity contribution in [1.82, 2.24) is 5.32 Å². The van der Waals surface area contributed by atoms with Gasteiger partial charge in [0.05, 0.1) is 6.10 Å². The number of hydrogen-bond donors (Lipinski definition) is 3. The minimum absolute atomic E-state index is 0.542. The molecule has 1 fully saturated rings. The third-order valence-electron chi connectivity index (χ3n) is 1.16. The fourth-order valence-corrected chi connectivity index (χ4v) is 0.673. The van der Waals surface area contributed by atoms with Crippen LogP contribution in [0.1, 0.15) is 6.42 Å². The molecule has 0 aliphatic carbocycles. The van der Waals surface area contributed by atoms with Gasteiger partial charge < -0.3 is 10.2 Å². The Balaban J connectivity index is 2.33. The molecular formula is C4H9NO2. The molecule has 0 aromatic carbocycles. The molecule has 0 radical (unpaired) electrons. The summed E-state index contributed by atoms with van der Waals surface area (Å²) >= 11 is 0. The summed E-state index contributed by atoms with van der Waals surface area (Å²) in [7, 11) is 0. The zero-order valence-corrected chi connectivity index (χ0v) is 3.96. The molecule has 3 N–H and O–H groups in total. The molecular weight excluding hydrogens is 94.0 g/mol. The zero-order valence-electron chi connectivity index (χ0n) is 3.96. The topological polar surface area (TPSA) is 52.5 Å². The Hall–Kier alpha value is -0.120. The van der Waals surface area contributed by atoms with Crippen LogP contribution in [0.4, 0.5) is 0 Å². The first-order chi connectivity index (χ1) is 3.30. The molecule has 1 aliphatic rings. The van der Waals surface area contributed by atoms with E-state index in [1.807, 2.05) is 0 Å². The standard InChI is InChI=1S/C4H9NO2/c6-3-1-2-5-4(3)7/h3-7H,1-2H2/t3-,4?/m0/s1. The van der Waals surface area contributed by atoms with Crippen molar-refractivity contribution < 1.29 is 10.2 Å². The molecule has 1 saturated heterocycles. The molecule has 42 valence electrons. The quantitative estimate of drug-likeness (QED) is 0.355. The third kappa shape index (κ3) is 0.907. The van der Waals surface area contributed by atoms with Crippen LogP contribution in [0.15, 0.2) is 0 Å². The number of aliphatic hydroxyl groups excluding tert-OH is 2. The molecule has 3 heteroatoms. The first kappa shape index (κ1) is 5.03. The van der Waals surface area contributed by atoms with E-state index in [0.29, 0.717) is 6.42 Å². The van der Waals surface area contributed by atoms with E-state index in [9.17, 15) is 0 Å². The van der Waals surface area contributed by atoms with Gasteiger partial charge in [-0.25, -0.2) is 0 Å². The zero-order chi connectivity index (χ0) is 5.28. The Morgan fingerprint density at radius 3 is 2.29 bits per heavy atom. The monoisotopic (exact) mass is 103 g/mol. The van der Waals surface area contributed by atoms with E-state index in [-0.39, 0.29) is 0 Å². The maximum Gasteiger partial charge on any atom is 0.131 e. The molecule has 1 unspecified atom stereocenters. The lowest BCUT2D eigenvalue weighted by Crippen LogP contribution is -2.28. The molecule has 0 amide bonds. The molecule has 0 aromatic heterocycles. The maximum atomic E-state index is 8.69. The van der Waals surface area contributed by atoms with E-state index in [2.05, 4.69) is 5.32 Å². The van der Waals surface area contributed by atoms with Crippen molar-refractivity contribution >= 4 is 0 Å². The second-order valence-corrected chi connectivity index (χ2v) is 1.75. The van der Waals surface area contributed by atoms with Crippen LogP contribution >= 0.6 is 0 Å². The lowest BCUT2D eigenvalue weighted by Gasteiger charge is -2.03. The molecule has 1 aliphatic heterocycles. The molecule has 1 rings (SSSR count). The molecule has 3 nitrogen and oxygen atoms in total. The first-order valence-electron chi connectivity index (χ1n) is 2.40. The number of aliphatic hydroxyl groups is 2. The van der Waals surface area contributed by atoms with Crippen LogP contribution in [0.5, 0.6) is 0 Å². The van der Waals surface area contributed by atoms with Crippen LogP contribution in [-0.2, 0) is 0 Å². The Kier molecular flexibility index (Phi) is 1.27. The fraction of sp³-hybridized carbons (Fsp3) is 1.00. The van der Waals surface area contributed by atoms with Gasteiger partial charge in [-0.1, -0.05) is 0 Å². The summed E-state index contributed by atoms with van der Waals surface area (Å²) in [5, 5.41) is 20.0. The highest BCUT2D eigenvalue weighted by Gasteiger charge is 2.20. The number of rotatable bonds is 0. The van der Waals surface area contributed by atoms with Gasteiger partial charge in [0.1, 0.15) is 6.23 Å². The van der Waals surface area contributed by atoms with E-state index < -0.39 is 12.3 Å². The van der Waals surface area contributed by atoms with E-state index in [4.69, 9.17) is 10.2 Å². The summed E-state index contributed by atoms with van der Waals surface area (Å²) in [4.78, 5) is 0. The largest absolute Gasteiger partial charge is 0.389 e. The highest BCUT2D eigenvalue weighted by Crippen LogP contribution is 2.01. The Morgan fingerprint density at radius 1 is 1.43 bits per heavy atom. The Bertz CT molecular complexity index is 58.7. The molecule has 0 spiro atoms. The van der Waals surface area contributed by atoms with Crippen molar-refractivity contribution in [2.24, 2.45) is 0 Å². The van der Waals surface area contributed by atoms with Crippen molar-refractivity contribution in [3.8, 4) is 0 Å². The van der Waals surface area contributed by atoms with E-state index in [1.54, 1.807) is 0 Å². The van der Waals surface area contributed by atoms with Gasteiger partial charge in [-0.2, -0.15) is 0 Å². The molecule has 0 bridgehead atoms. The molecule has 2 atom stereocenters. The van der Waals surface area contributed by atoms with Crippen LogP contribution in [0.3, 0.4) is 0 Å². The molecule has 7 heavy (non-hydrogen) atoms. The Morgan fingerprint density at radius 2 is 2.14 bits per heavy atom. The smallest absolute Gasteiger partial charge is 0.131 e. The summed E-state index contributed by atoms with van der Waals surface area (Å²) in [6.45, 7) is 0.725. The maximum absolute atomic E-state index is 8.69. The number of nitrogens with one attached hydrogen (secondary N) is 1. The molecule has 0 saturated carbocycles. The Labute approximate surface area is 42.0 Å². The number of hydrogen-bond acceptors (Lipinski definition) is 3. The van der Waals surface area contributed by atoms with Crippen molar-refractivity contribution in [1.29, 1.82) is 0 Å². The normalized spacial score (nSPS) is 42.0. The summed E-state index contributed by atoms with van der Waals surface area (Å²) in [6, 6.07) is 0. The lowest BCUT2D eigenvalue weighted by molar-refractivity contribution is 0.0318. The van der Waals surface area contributed by atoms with Gasteiger partial charge in [-0.15, -0.1) is 0 Å². The van der Waals surface area contributed by atoms with Crippen molar-refractivity contribution in [2.75, 3.05) is 6.54 Å². The SMILES string of the molecule is OC1NCC[C@@H]1O. The van der Waals surface area contributed by atoms with E-state index >= 15 is 0 Å². The van der Waals surface area contributed by atoms with E-state index in [1.165, 1.54) is 0 Å². The van der Waals surface area contributed by atoms with Gasteiger partial charge in [-0.05, 0) is 6.42 Å². The van der Waals surface area contributed by atoms with Crippen molar-refractivity contribution in [3.63, 3.8) is 0 Å². The minimum atomic E-state index is -0.681. The van der Waals surface area contributed by atoms with Crippen LogP contribution in [0, 0.1) is 0 Å². The minimum Gasteiger partial charge on any atom is -0.389 e. The second-order valence-electron chi connectivity index (χ2n) is 1.75. The van der Waals surface area contributed by atoms with E-state index in [0.717, 1.165) is 6.54 Å². The van der Waals surface area contributed by atoms with Crippen LogP contribution in [0.2, 0.25) is 0 Å². The average Bonchev–Trinajstić information content (AvgIpc) is 1.91. The summed E-state index contributed by atoms with van der Waals surface area (Å²) in [5.41, 5.74) is 0. The summed E-state index contributed by atoms with van der Waals surface area (Å²) in [6.07, 6.45) is -0.554. The van der Waals surface area contributed by atoms with Gasteiger partial charge in [0.15, 0.2) is 0 Å². The summed E-state index contributed by atoms with van der Waals surface area (Å²) in [5.74, 6) is 0. The third-order valence-corrected chi connectivity index (χ3v) is 1.16. The fourth-order valence-electron chi connectivity index (χ4n) is 0.673. The lowest BCUT2D eigenvalue weighted by atomic mass is 10.3.